The number of hydrogen-bond donors (Lipinski definition) is 2. The molecule has 0 bridgehead atoms. The summed E-state index contributed by atoms with van der Waals surface area (Å²) in [7, 11) is 0. The van der Waals surface area contributed by atoms with Gasteiger partial charge in [0.2, 0.25) is 5.91 Å². The molecule has 1 unspecified atom stereocenters. The van der Waals surface area contributed by atoms with Crippen LogP contribution in [0.3, 0.4) is 0 Å². The van der Waals surface area contributed by atoms with Gasteiger partial charge in [0.25, 0.3) is 0 Å². The Kier molecular flexibility index (Phi) is 3.97. The predicted molar refractivity (Wildman–Crippen MR) is 73.8 cm³/mol. The summed E-state index contributed by atoms with van der Waals surface area (Å²) >= 11 is 7.87. The number of nitrogens with one attached hydrogen (secondary N) is 2. The lowest BCUT2D eigenvalue weighted by molar-refractivity contribution is -0.117. The number of benzene rings is 1. The number of carbonyl (C=O) groups excluding carboxylic acids is 1. The first-order chi connectivity index (χ1) is 8.08. The zero-order chi connectivity index (χ0) is 12.4. The Labute approximate surface area is 110 Å². The van der Waals surface area contributed by atoms with Crippen LogP contribution in [0.2, 0.25) is 5.02 Å². The number of carbonyl (C=O) groups is 1. The van der Waals surface area contributed by atoms with Crippen LogP contribution >= 0.6 is 23.4 Å². The van der Waals surface area contributed by atoms with E-state index in [-0.39, 0.29) is 11.9 Å². The highest BCUT2D eigenvalue weighted by Crippen LogP contribution is 2.27. The lowest BCUT2D eigenvalue weighted by Gasteiger charge is -2.14. The van der Waals surface area contributed by atoms with Crippen LogP contribution in [0.1, 0.15) is 11.1 Å². The molecule has 0 aromatic heterocycles. The second kappa shape index (κ2) is 5.29. The molecule has 1 aromatic rings. The van der Waals surface area contributed by atoms with Gasteiger partial charge in [0.1, 0.15) is 0 Å². The smallest absolute Gasteiger partial charge is 0.242 e. The normalized spacial score (nSPS) is 19.4. The number of rotatable bonds is 2. The standard InChI is InChI=1S/C12H15ClN2OS/c1-7-3-8(2)11(9(13)4-7)15-12(16)10-5-17-6-14-10/h3-4,10,14H,5-6H2,1-2H3,(H,15,16). The summed E-state index contributed by atoms with van der Waals surface area (Å²) in [6.45, 7) is 3.94. The minimum atomic E-state index is -0.114. The first kappa shape index (κ1) is 12.7. The molecule has 2 rings (SSSR count). The fourth-order valence-electron chi connectivity index (χ4n) is 1.85. The molecular formula is C12H15ClN2OS. The van der Waals surface area contributed by atoms with Gasteiger partial charge in [-0.15, -0.1) is 11.8 Å². The van der Waals surface area contributed by atoms with E-state index in [4.69, 9.17) is 11.6 Å². The number of aryl methyl sites for hydroxylation is 2. The Hall–Kier alpha value is -0.710. The van der Waals surface area contributed by atoms with Gasteiger partial charge in [-0.3, -0.25) is 10.1 Å². The minimum absolute atomic E-state index is 0.0103. The predicted octanol–water partition coefficient (Wildman–Crippen LogP) is 2.56. The molecule has 1 saturated heterocycles. The molecule has 1 fully saturated rings. The highest BCUT2D eigenvalue weighted by molar-refractivity contribution is 7.99. The van der Waals surface area contributed by atoms with Crippen LogP contribution in [0.25, 0.3) is 0 Å². The van der Waals surface area contributed by atoms with Crippen LogP contribution < -0.4 is 10.6 Å². The Bertz CT molecular complexity index is 421. The van der Waals surface area contributed by atoms with Crippen molar-refractivity contribution in [1.82, 2.24) is 5.32 Å². The molecule has 1 amide bonds. The molecule has 0 spiro atoms. The van der Waals surface area contributed by atoms with Crippen LogP contribution in [0.4, 0.5) is 5.69 Å². The van der Waals surface area contributed by atoms with Gasteiger partial charge >= 0.3 is 0 Å². The molecule has 1 aromatic carbocycles. The largest absolute Gasteiger partial charge is 0.323 e. The van der Waals surface area contributed by atoms with E-state index >= 15 is 0 Å². The van der Waals surface area contributed by atoms with Crippen molar-refractivity contribution < 1.29 is 4.79 Å². The van der Waals surface area contributed by atoms with Crippen molar-refractivity contribution in [3.63, 3.8) is 0 Å². The molecule has 0 saturated carbocycles. The van der Waals surface area contributed by atoms with E-state index in [1.165, 1.54) is 0 Å². The molecule has 0 aliphatic carbocycles. The Balaban J connectivity index is 2.15. The van der Waals surface area contributed by atoms with Crippen molar-refractivity contribution in [2.24, 2.45) is 0 Å². The maximum Gasteiger partial charge on any atom is 0.242 e. The summed E-state index contributed by atoms with van der Waals surface area (Å²) in [6, 6.07) is 3.76. The molecular weight excluding hydrogens is 256 g/mol. The van der Waals surface area contributed by atoms with Crippen LogP contribution in [-0.2, 0) is 4.79 Å². The Morgan fingerprint density at radius 2 is 2.29 bits per heavy atom. The topological polar surface area (TPSA) is 41.1 Å². The average molecular weight is 271 g/mol. The Morgan fingerprint density at radius 3 is 2.88 bits per heavy atom. The molecule has 1 aliphatic heterocycles. The molecule has 1 aliphatic rings. The number of anilines is 1. The SMILES string of the molecule is Cc1cc(C)c(NC(=O)C2CSCN2)c(Cl)c1. The summed E-state index contributed by atoms with van der Waals surface area (Å²) in [4.78, 5) is 12.0. The van der Waals surface area contributed by atoms with E-state index in [2.05, 4.69) is 10.6 Å². The zero-order valence-electron chi connectivity index (χ0n) is 9.84. The van der Waals surface area contributed by atoms with Gasteiger partial charge in [0.05, 0.1) is 16.8 Å². The number of halogens is 1. The lowest BCUT2D eigenvalue weighted by atomic mass is 10.1. The molecule has 3 nitrogen and oxygen atoms in total. The Morgan fingerprint density at radius 1 is 1.53 bits per heavy atom. The fourth-order valence-corrected chi connectivity index (χ4v) is 3.16. The zero-order valence-corrected chi connectivity index (χ0v) is 11.4. The average Bonchev–Trinajstić information content (AvgIpc) is 2.76. The van der Waals surface area contributed by atoms with E-state index in [9.17, 15) is 4.79 Å². The fraction of sp³-hybridized carbons (Fsp3) is 0.417. The van der Waals surface area contributed by atoms with Gasteiger partial charge in [-0.25, -0.2) is 0 Å². The van der Waals surface area contributed by atoms with Gasteiger partial charge in [-0.2, -0.15) is 0 Å². The molecule has 92 valence electrons. The summed E-state index contributed by atoms with van der Waals surface area (Å²) in [5, 5.41) is 6.63. The van der Waals surface area contributed by atoms with E-state index in [0.29, 0.717) is 5.02 Å². The van der Waals surface area contributed by atoms with Gasteiger partial charge in [-0.1, -0.05) is 17.7 Å². The molecule has 5 heteroatoms. The van der Waals surface area contributed by atoms with Crippen molar-refractivity contribution in [2.75, 3.05) is 16.9 Å². The minimum Gasteiger partial charge on any atom is -0.323 e. The summed E-state index contributed by atoms with van der Waals surface area (Å²) < 4.78 is 0. The number of hydrogen-bond acceptors (Lipinski definition) is 3. The van der Waals surface area contributed by atoms with Crippen molar-refractivity contribution in [1.29, 1.82) is 0 Å². The van der Waals surface area contributed by atoms with Gasteiger partial charge in [0, 0.05) is 11.6 Å². The third-order valence-electron chi connectivity index (χ3n) is 2.71. The molecule has 1 atom stereocenters. The van der Waals surface area contributed by atoms with Crippen LogP contribution in [0.5, 0.6) is 0 Å². The third kappa shape index (κ3) is 2.94. The number of thioether (sulfide) groups is 1. The van der Waals surface area contributed by atoms with E-state index in [1.54, 1.807) is 11.8 Å². The highest BCUT2D eigenvalue weighted by Gasteiger charge is 2.23. The quantitative estimate of drug-likeness (QED) is 0.868. The van der Waals surface area contributed by atoms with Crippen LogP contribution in [0.15, 0.2) is 12.1 Å². The first-order valence-electron chi connectivity index (χ1n) is 5.46. The van der Waals surface area contributed by atoms with E-state index < -0.39 is 0 Å². The van der Waals surface area contributed by atoms with Gasteiger partial charge < -0.3 is 5.32 Å². The van der Waals surface area contributed by atoms with E-state index in [0.717, 1.165) is 28.4 Å². The highest BCUT2D eigenvalue weighted by atomic mass is 35.5. The summed E-state index contributed by atoms with van der Waals surface area (Å²) in [5.41, 5.74) is 2.81. The van der Waals surface area contributed by atoms with Crippen molar-refractivity contribution in [2.45, 2.75) is 19.9 Å². The number of amides is 1. The van der Waals surface area contributed by atoms with Crippen molar-refractivity contribution in [3.05, 3.63) is 28.3 Å². The molecule has 1 heterocycles. The summed E-state index contributed by atoms with van der Waals surface area (Å²) in [5.74, 6) is 1.64. The second-order valence-corrected chi connectivity index (χ2v) is 5.64. The second-order valence-electron chi connectivity index (χ2n) is 4.20. The van der Waals surface area contributed by atoms with Crippen LogP contribution in [-0.4, -0.2) is 23.6 Å². The maximum atomic E-state index is 12.0. The summed E-state index contributed by atoms with van der Waals surface area (Å²) in [6.07, 6.45) is 0. The molecule has 0 radical (unpaired) electrons. The first-order valence-corrected chi connectivity index (χ1v) is 7.00. The maximum absolute atomic E-state index is 12.0. The van der Waals surface area contributed by atoms with Crippen LogP contribution in [0, 0.1) is 13.8 Å². The van der Waals surface area contributed by atoms with E-state index in [1.807, 2.05) is 26.0 Å². The third-order valence-corrected chi connectivity index (χ3v) is 3.95. The van der Waals surface area contributed by atoms with Crippen molar-refractivity contribution >= 4 is 35.0 Å². The molecule has 2 N–H and O–H groups in total. The van der Waals surface area contributed by atoms with Gasteiger partial charge in [-0.05, 0) is 31.0 Å². The van der Waals surface area contributed by atoms with Crippen molar-refractivity contribution in [3.8, 4) is 0 Å². The molecule has 17 heavy (non-hydrogen) atoms. The monoisotopic (exact) mass is 270 g/mol. The lowest BCUT2D eigenvalue weighted by Crippen LogP contribution is -2.37. The van der Waals surface area contributed by atoms with Gasteiger partial charge in [0.15, 0.2) is 0 Å².